The molecule has 3 nitrogen and oxygen atoms in total. The fourth-order valence-electron chi connectivity index (χ4n) is 2.81. The third-order valence-corrected chi connectivity index (χ3v) is 4.01. The highest BCUT2D eigenvalue weighted by atomic mass is 15.1. The van der Waals surface area contributed by atoms with Crippen LogP contribution in [0.5, 0.6) is 0 Å². The molecule has 0 bridgehead atoms. The fourth-order valence-corrected chi connectivity index (χ4v) is 2.81. The summed E-state index contributed by atoms with van der Waals surface area (Å²) in [5.41, 5.74) is 4.35. The van der Waals surface area contributed by atoms with E-state index < -0.39 is 0 Å². The third-order valence-electron chi connectivity index (χ3n) is 4.01. The van der Waals surface area contributed by atoms with Gasteiger partial charge in [-0.1, -0.05) is 73.9 Å². The van der Waals surface area contributed by atoms with E-state index in [-0.39, 0.29) is 8.77 Å². The van der Waals surface area contributed by atoms with Crippen LogP contribution in [0.25, 0.3) is 11.0 Å². The lowest BCUT2D eigenvalue weighted by atomic mass is 9.90. The van der Waals surface area contributed by atoms with Crippen LogP contribution in [0.3, 0.4) is 0 Å². The molecule has 0 aliphatic carbocycles. The molecule has 124 valence electrons. The second kappa shape index (κ2) is 7.47. The molecule has 3 rings (SSSR count). The Morgan fingerprint density at radius 2 is 1.88 bits per heavy atom. The summed E-state index contributed by atoms with van der Waals surface area (Å²) in [5.74, 6) is 0.953. The maximum atomic E-state index is 4.58. The molecule has 0 spiro atoms. The van der Waals surface area contributed by atoms with Crippen LogP contribution in [0.15, 0.2) is 91.6 Å². The van der Waals surface area contributed by atoms with Crippen molar-refractivity contribution in [2.24, 2.45) is 0 Å². The van der Waals surface area contributed by atoms with E-state index >= 15 is 0 Å². The number of fused-ring (bicyclic) bond motifs is 1. The lowest BCUT2D eigenvalue weighted by molar-refractivity contribution is 0.845. The number of benzene rings is 2. The van der Waals surface area contributed by atoms with E-state index in [9.17, 15) is 0 Å². The summed E-state index contributed by atoms with van der Waals surface area (Å²) in [6, 6.07) is 18.4. The zero-order chi connectivity index (χ0) is 16.8. The maximum absolute atomic E-state index is 4.58. The first kappa shape index (κ1) is 15.8. The van der Waals surface area contributed by atoms with Gasteiger partial charge in [-0.3, -0.25) is 0 Å². The largest absolute Gasteiger partial charge is 0.355 e. The van der Waals surface area contributed by atoms with E-state index in [0.29, 0.717) is 0 Å². The van der Waals surface area contributed by atoms with Crippen molar-refractivity contribution in [1.82, 2.24) is 9.97 Å². The van der Waals surface area contributed by atoms with Gasteiger partial charge in [0, 0.05) is 15.3 Å². The summed E-state index contributed by atoms with van der Waals surface area (Å²) in [6.07, 6.45) is 5.69. The first-order chi connectivity index (χ1) is 11.8. The Hall–Kier alpha value is -3.07. The maximum Gasteiger partial charge on any atom is 0.201 e. The molecule has 0 aliphatic rings. The molecule has 0 saturated carbocycles. The lowest BCUT2D eigenvalue weighted by Gasteiger charge is -2.19. The van der Waals surface area contributed by atoms with Crippen molar-refractivity contribution in [1.29, 1.82) is 0 Å². The molecule has 1 heterocycles. The average Bonchev–Trinajstić information content (AvgIpc) is 3.04. The third kappa shape index (κ3) is 3.46. The molecule has 2 N–H and O–H groups in total. The molecule has 0 amide bonds. The summed E-state index contributed by atoms with van der Waals surface area (Å²) >= 11 is 0. The summed E-state index contributed by atoms with van der Waals surface area (Å²) in [6.45, 7) is 8.47. The van der Waals surface area contributed by atoms with Crippen LogP contribution in [0, 0.1) is 0 Å². The van der Waals surface area contributed by atoms with Gasteiger partial charge in [0.2, 0.25) is 5.95 Å². The van der Waals surface area contributed by atoms with E-state index in [1.807, 2.05) is 42.5 Å². The zero-order valence-corrected chi connectivity index (χ0v) is 13.6. The van der Waals surface area contributed by atoms with Crippen LogP contribution in [0.1, 0.15) is 14.3 Å². The van der Waals surface area contributed by atoms with Crippen LogP contribution in [-0.4, -0.2) is 16.5 Å². The predicted octanol–water partition coefficient (Wildman–Crippen LogP) is 5.55. The number of imidazole rings is 1. The van der Waals surface area contributed by atoms with Gasteiger partial charge in [-0.05, 0) is 23.3 Å². The minimum atomic E-state index is 0. The molecule has 0 aliphatic heterocycles. The number of H-pyrrole nitrogens is 1. The number of hydrogen-bond acceptors (Lipinski definition) is 2. The van der Waals surface area contributed by atoms with Gasteiger partial charge >= 0.3 is 0 Å². The number of hydrogen-bond donors (Lipinski definition) is 2. The van der Waals surface area contributed by atoms with Gasteiger partial charge in [0.1, 0.15) is 0 Å². The first-order valence-electron chi connectivity index (χ1n) is 8.00. The van der Waals surface area contributed by atoms with E-state index in [0.717, 1.165) is 29.1 Å². The van der Waals surface area contributed by atoms with Crippen LogP contribution in [0.4, 0.5) is 5.95 Å². The van der Waals surface area contributed by atoms with Crippen molar-refractivity contribution in [3.05, 3.63) is 97.1 Å². The topological polar surface area (TPSA) is 40.7 Å². The number of anilines is 1. The number of allylic oxidation sites excluding steroid dienone is 3. The monoisotopic (exact) mass is 319 g/mol. The van der Waals surface area contributed by atoms with Crippen molar-refractivity contribution in [3.63, 3.8) is 0 Å². The Labute approximate surface area is 145 Å². The molecule has 1 atom stereocenters. The highest BCUT2D eigenvalue weighted by Crippen LogP contribution is 2.26. The molecule has 0 fully saturated rings. The number of rotatable bonds is 7. The lowest BCUT2D eigenvalue weighted by Crippen LogP contribution is -2.15. The second-order valence-electron chi connectivity index (χ2n) is 5.55. The smallest absolute Gasteiger partial charge is 0.201 e. The molecular formula is C21H25N3. The summed E-state index contributed by atoms with van der Waals surface area (Å²) in [5, 5.41) is 3.42. The van der Waals surface area contributed by atoms with Crippen molar-refractivity contribution in [2.45, 2.75) is 5.92 Å². The minimum Gasteiger partial charge on any atom is -0.355 e. The van der Waals surface area contributed by atoms with Gasteiger partial charge in [0.15, 0.2) is 0 Å². The fraction of sp³-hybridized carbons (Fsp3) is 0.0952. The standard InChI is InChI=1S/C21H21N3.2H2/c1-3-10-16(4-2)18(17-11-6-5-7-12-17)15-22-21-23-19-13-8-9-14-20(19)24-21;;/h3-14,18H,1-2,15H2,(H2,22,23,24);2*1H/b16-10+;;. The molecule has 24 heavy (non-hydrogen) atoms. The molecule has 0 saturated heterocycles. The van der Waals surface area contributed by atoms with Crippen LogP contribution >= 0.6 is 0 Å². The number of nitrogens with one attached hydrogen (secondary N) is 2. The number of nitrogens with zero attached hydrogens (tertiary/aromatic N) is 1. The van der Waals surface area contributed by atoms with Gasteiger partial charge in [-0.25, -0.2) is 4.98 Å². The van der Waals surface area contributed by atoms with Gasteiger partial charge in [-0.15, -0.1) is 0 Å². The predicted molar refractivity (Wildman–Crippen MR) is 106 cm³/mol. The van der Waals surface area contributed by atoms with Crippen molar-refractivity contribution in [2.75, 3.05) is 11.9 Å². The molecule has 3 aromatic rings. The second-order valence-corrected chi connectivity index (χ2v) is 5.55. The van der Waals surface area contributed by atoms with Crippen LogP contribution in [-0.2, 0) is 0 Å². The Bertz CT molecular complexity index is 836. The van der Waals surface area contributed by atoms with E-state index in [4.69, 9.17) is 0 Å². The average molecular weight is 319 g/mol. The van der Waals surface area contributed by atoms with Crippen molar-refractivity contribution in [3.8, 4) is 0 Å². The van der Waals surface area contributed by atoms with Crippen molar-refractivity contribution >= 4 is 17.0 Å². The number of aromatic amines is 1. The molecule has 1 unspecified atom stereocenters. The molecule has 1 aromatic heterocycles. The quantitative estimate of drug-likeness (QED) is 0.561. The summed E-state index contributed by atoms with van der Waals surface area (Å²) < 4.78 is 0. The van der Waals surface area contributed by atoms with E-state index in [1.165, 1.54) is 5.56 Å². The van der Waals surface area contributed by atoms with Crippen molar-refractivity contribution < 1.29 is 2.85 Å². The summed E-state index contributed by atoms with van der Waals surface area (Å²) in [7, 11) is 0. The van der Waals surface area contributed by atoms with Gasteiger partial charge < -0.3 is 10.3 Å². The van der Waals surface area contributed by atoms with E-state index in [2.05, 4.69) is 52.7 Å². The van der Waals surface area contributed by atoms with Crippen LogP contribution in [0.2, 0.25) is 0 Å². The highest BCUT2D eigenvalue weighted by Gasteiger charge is 2.15. The molecule has 3 heteroatoms. The van der Waals surface area contributed by atoms with Gasteiger partial charge in [0.05, 0.1) is 11.0 Å². The van der Waals surface area contributed by atoms with Gasteiger partial charge in [-0.2, -0.15) is 0 Å². The molecule has 0 radical (unpaired) electrons. The highest BCUT2D eigenvalue weighted by molar-refractivity contribution is 5.77. The Morgan fingerprint density at radius 1 is 1.12 bits per heavy atom. The Morgan fingerprint density at radius 3 is 2.58 bits per heavy atom. The van der Waals surface area contributed by atoms with E-state index in [1.54, 1.807) is 6.08 Å². The van der Waals surface area contributed by atoms with Crippen LogP contribution < -0.4 is 5.32 Å². The molecule has 2 aromatic carbocycles. The SMILES string of the molecule is C=C/C=C(\C=C)C(CNc1nc2ccccc2[nH]1)c1ccccc1.[HH].[HH]. The Balaban J connectivity index is 0.00000169. The zero-order valence-electron chi connectivity index (χ0n) is 13.6. The Kier molecular flexibility index (Phi) is 4.92. The summed E-state index contributed by atoms with van der Waals surface area (Å²) in [4.78, 5) is 7.88. The first-order valence-corrected chi connectivity index (χ1v) is 8.00. The number of para-hydroxylation sites is 2. The molecular weight excluding hydrogens is 294 g/mol. The normalized spacial score (nSPS) is 12.8. The number of aromatic nitrogens is 2. The minimum absolute atomic E-state index is 0. The van der Waals surface area contributed by atoms with Gasteiger partial charge in [0.25, 0.3) is 0 Å².